The van der Waals surface area contributed by atoms with Gasteiger partial charge in [0.25, 0.3) is 0 Å². The second-order valence-electron chi connectivity index (χ2n) is 4.53. The van der Waals surface area contributed by atoms with Gasteiger partial charge in [0, 0.05) is 14.3 Å². The van der Waals surface area contributed by atoms with Gasteiger partial charge in [0.1, 0.15) is 0 Å². The molecule has 5 heteroatoms. The van der Waals surface area contributed by atoms with Crippen molar-refractivity contribution in [3.8, 4) is 11.5 Å². The highest BCUT2D eigenvalue weighted by Crippen LogP contribution is 2.39. The van der Waals surface area contributed by atoms with E-state index in [9.17, 15) is 0 Å². The highest BCUT2D eigenvalue weighted by molar-refractivity contribution is 9.11. The number of benzene rings is 2. The Kier molecular flexibility index (Phi) is 5.97. The average molecular weight is 435 g/mol. The van der Waals surface area contributed by atoms with Gasteiger partial charge < -0.3 is 9.47 Å². The summed E-state index contributed by atoms with van der Waals surface area (Å²) >= 11 is 13.2. The molecule has 0 bridgehead atoms. The first-order valence-corrected chi connectivity index (χ1v) is 8.43. The lowest BCUT2D eigenvalue weighted by atomic mass is 10.0. The number of methoxy groups -OCH3 is 2. The van der Waals surface area contributed by atoms with Crippen molar-refractivity contribution in [3.63, 3.8) is 0 Å². The Balaban J connectivity index is 2.26. The summed E-state index contributed by atoms with van der Waals surface area (Å²) in [6.45, 7) is 0. The molecule has 0 heterocycles. The molecular weight excluding hydrogens is 419 g/mol. The minimum absolute atomic E-state index is 0.160. The van der Waals surface area contributed by atoms with Crippen LogP contribution in [-0.4, -0.2) is 14.2 Å². The van der Waals surface area contributed by atoms with Crippen molar-refractivity contribution in [1.82, 2.24) is 0 Å². The molecule has 0 aliphatic rings. The van der Waals surface area contributed by atoms with Crippen molar-refractivity contribution in [2.24, 2.45) is 0 Å². The Labute approximate surface area is 146 Å². The van der Waals surface area contributed by atoms with Gasteiger partial charge in [0.2, 0.25) is 0 Å². The Morgan fingerprint density at radius 3 is 2.19 bits per heavy atom. The summed E-state index contributed by atoms with van der Waals surface area (Å²) in [5.41, 5.74) is 2.32. The summed E-state index contributed by atoms with van der Waals surface area (Å²) < 4.78 is 11.6. The summed E-state index contributed by atoms with van der Waals surface area (Å²) in [5, 5.41) is 0.747. The van der Waals surface area contributed by atoms with Crippen LogP contribution in [0.3, 0.4) is 0 Å². The van der Waals surface area contributed by atoms with Crippen LogP contribution in [-0.2, 0) is 6.42 Å². The molecule has 1 unspecified atom stereocenters. The van der Waals surface area contributed by atoms with Crippen LogP contribution in [0.5, 0.6) is 11.5 Å². The van der Waals surface area contributed by atoms with Gasteiger partial charge in [0.05, 0.1) is 14.2 Å². The van der Waals surface area contributed by atoms with Crippen LogP contribution in [0.2, 0.25) is 5.02 Å². The van der Waals surface area contributed by atoms with Crippen molar-refractivity contribution in [3.05, 3.63) is 57.0 Å². The lowest BCUT2D eigenvalue weighted by molar-refractivity contribution is 0.354. The van der Waals surface area contributed by atoms with E-state index in [2.05, 4.69) is 31.9 Å². The minimum atomic E-state index is 0.160. The van der Waals surface area contributed by atoms with Crippen molar-refractivity contribution < 1.29 is 9.47 Å². The molecule has 0 radical (unpaired) electrons. The van der Waals surface area contributed by atoms with Gasteiger partial charge >= 0.3 is 0 Å². The number of halogens is 3. The molecule has 0 fully saturated rings. The molecule has 21 heavy (non-hydrogen) atoms. The zero-order valence-corrected chi connectivity index (χ0v) is 15.6. The summed E-state index contributed by atoms with van der Waals surface area (Å²) in [7, 11) is 3.27. The van der Waals surface area contributed by atoms with Gasteiger partial charge in [0.15, 0.2) is 11.5 Å². The third-order valence-corrected chi connectivity index (χ3v) is 4.92. The fraction of sp³-hybridized carbons (Fsp3) is 0.250. The summed E-state index contributed by atoms with van der Waals surface area (Å²) in [5.74, 6) is 1.43. The first-order chi connectivity index (χ1) is 10.0. The molecule has 0 saturated heterocycles. The van der Waals surface area contributed by atoms with Crippen molar-refractivity contribution >= 4 is 43.5 Å². The molecule has 0 aliphatic carbocycles. The molecule has 0 aliphatic heterocycles. The second kappa shape index (κ2) is 7.52. The van der Waals surface area contributed by atoms with Gasteiger partial charge in [-0.3, -0.25) is 0 Å². The molecule has 0 aromatic heterocycles. The maximum Gasteiger partial charge on any atom is 0.161 e. The van der Waals surface area contributed by atoms with Crippen LogP contribution >= 0.6 is 43.5 Å². The molecule has 2 rings (SSSR count). The van der Waals surface area contributed by atoms with Crippen LogP contribution in [0, 0.1) is 0 Å². The number of hydrogen-bond acceptors (Lipinski definition) is 2. The van der Waals surface area contributed by atoms with Crippen LogP contribution < -0.4 is 9.47 Å². The highest BCUT2D eigenvalue weighted by Gasteiger charge is 2.16. The van der Waals surface area contributed by atoms with Gasteiger partial charge in [-0.15, -0.1) is 0 Å². The molecule has 0 spiro atoms. The molecule has 112 valence electrons. The average Bonchev–Trinajstić information content (AvgIpc) is 2.49. The van der Waals surface area contributed by atoms with Crippen molar-refractivity contribution in [2.75, 3.05) is 14.2 Å². The SMILES string of the molecule is COc1cc(Br)c(C(Br)Cc2ccc(Cl)cc2)cc1OC. The van der Waals surface area contributed by atoms with Crippen LogP contribution in [0.1, 0.15) is 16.0 Å². The zero-order chi connectivity index (χ0) is 15.4. The number of rotatable bonds is 5. The monoisotopic (exact) mass is 432 g/mol. The van der Waals surface area contributed by atoms with Crippen LogP contribution in [0.4, 0.5) is 0 Å². The standard InChI is InChI=1S/C16H15Br2ClO2/c1-20-15-8-12(14(18)9-16(15)21-2)13(17)7-10-3-5-11(19)6-4-10/h3-6,8-9,13H,7H2,1-2H3. The van der Waals surface area contributed by atoms with E-state index in [0.29, 0.717) is 5.75 Å². The first kappa shape index (κ1) is 16.7. The Bertz CT molecular complexity index is 614. The summed E-state index contributed by atoms with van der Waals surface area (Å²) in [6.07, 6.45) is 0.852. The number of hydrogen-bond donors (Lipinski definition) is 0. The Hall–Kier alpha value is -0.710. The van der Waals surface area contributed by atoms with E-state index in [1.165, 1.54) is 5.56 Å². The molecule has 0 N–H and O–H groups in total. The Morgan fingerprint density at radius 2 is 1.62 bits per heavy atom. The van der Waals surface area contributed by atoms with E-state index < -0.39 is 0 Å². The van der Waals surface area contributed by atoms with E-state index in [4.69, 9.17) is 21.1 Å². The maximum atomic E-state index is 5.91. The summed E-state index contributed by atoms with van der Waals surface area (Å²) in [4.78, 5) is 0.160. The predicted octanol–water partition coefficient (Wildman–Crippen LogP) is 5.80. The van der Waals surface area contributed by atoms with Crippen LogP contribution in [0.25, 0.3) is 0 Å². The van der Waals surface area contributed by atoms with Gasteiger partial charge in [-0.2, -0.15) is 0 Å². The lowest BCUT2D eigenvalue weighted by Crippen LogP contribution is -1.99. The van der Waals surface area contributed by atoms with Crippen LogP contribution in [0.15, 0.2) is 40.9 Å². The highest BCUT2D eigenvalue weighted by atomic mass is 79.9. The second-order valence-corrected chi connectivity index (χ2v) is 6.92. The molecule has 0 saturated carbocycles. The van der Waals surface area contributed by atoms with Crippen molar-refractivity contribution in [2.45, 2.75) is 11.2 Å². The quantitative estimate of drug-likeness (QED) is 0.554. The minimum Gasteiger partial charge on any atom is -0.493 e. The third-order valence-electron chi connectivity index (χ3n) is 3.17. The van der Waals surface area contributed by atoms with E-state index in [1.54, 1.807) is 14.2 Å². The van der Waals surface area contributed by atoms with Gasteiger partial charge in [-0.25, -0.2) is 0 Å². The first-order valence-electron chi connectivity index (χ1n) is 6.35. The smallest absolute Gasteiger partial charge is 0.161 e. The fourth-order valence-electron chi connectivity index (χ4n) is 2.05. The summed E-state index contributed by atoms with van der Waals surface area (Å²) in [6, 6.07) is 11.8. The molecule has 1 atom stereocenters. The topological polar surface area (TPSA) is 18.5 Å². The van der Waals surface area contributed by atoms with E-state index in [0.717, 1.165) is 27.2 Å². The number of ether oxygens (including phenoxy) is 2. The lowest BCUT2D eigenvalue weighted by Gasteiger charge is -2.16. The zero-order valence-electron chi connectivity index (χ0n) is 11.7. The van der Waals surface area contributed by atoms with E-state index in [1.807, 2.05) is 36.4 Å². The largest absolute Gasteiger partial charge is 0.493 e. The molecule has 2 nitrogen and oxygen atoms in total. The Morgan fingerprint density at radius 1 is 1.05 bits per heavy atom. The van der Waals surface area contributed by atoms with E-state index in [-0.39, 0.29) is 4.83 Å². The third kappa shape index (κ3) is 4.15. The fourth-order valence-corrected chi connectivity index (χ4v) is 3.83. The van der Waals surface area contributed by atoms with E-state index >= 15 is 0 Å². The molecular formula is C16H15Br2ClO2. The predicted molar refractivity (Wildman–Crippen MR) is 94.1 cm³/mol. The normalized spacial score (nSPS) is 12.0. The molecule has 0 amide bonds. The van der Waals surface area contributed by atoms with Gasteiger partial charge in [-0.05, 0) is 41.8 Å². The number of alkyl halides is 1. The van der Waals surface area contributed by atoms with Gasteiger partial charge in [-0.1, -0.05) is 55.6 Å². The maximum absolute atomic E-state index is 5.91. The van der Waals surface area contributed by atoms with Crippen molar-refractivity contribution in [1.29, 1.82) is 0 Å². The molecule has 2 aromatic carbocycles. The molecule has 2 aromatic rings.